The van der Waals surface area contributed by atoms with E-state index in [1.165, 1.54) is 11.3 Å². The summed E-state index contributed by atoms with van der Waals surface area (Å²) in [4.78, 5) is 28.7. The molecule has 5 nitrogen and oxygen atoms in total. The molecule has 1 fully saturated rings. The average Bonchev–Trinajstić information content (AvgIpc) is 3.22. The lowest BCUT2D eigenvalue weighted by Crippen LogP contribution is -2.20. The Balaban J connectivity index is 1.55. The van der Waals surface area contributed by atoms with E-state index >= 15 is 0 Å². The third kappa shape index (κ3) is 4.66. The van der Waals surface area contributed by atoms with Crippen molar-refractivity contribution in [2.24, 2.45) is 5.92 Å². The third-order valence-electron chi connectivity index (χ3n) is 4.51. The largest absolute Gasteiger partial charge is 0.326 e. The molecule has 1 heterocycles. The van der Waals surface area contributed by atoms with Gasteiger partial charge in [-0.2, -0.15) is 0 Å². The van der Waals surface area contributed by atoms with Crippen LogP contribution in [0.1, 0.15) is 42.5 Å². The second kappa shape index (κ2) is 7.78. The van der Waals surface area contributed by atoms with Gasteiger partial charge in [0.2, 0.25) is 11.8 Å². The minimum absolute atomic E-state index is 0.0538. The molecule has 132 valence electrons. The van der Waals surface area contributed by atoms with Gasteiger partial charge in [0.05, 0.1) is 12.1 Å². The van der Waals surface area contributed by atoms with E-state index in [4.69, 9.17) is 0 Å². The monoisotopic (exact) mass is 357 g/mol. The first-order chi connectivity index (χ1) is 12.0. The molecule has 0 unspecified atom stereocenters. The van der Waals surface area contributed by atoms with Crippen LogP contribution in [-0.4, -0.2) is 16.8 Å². The van der Waals surface area contributed by atoms with Gasteiger partial charge in [-0.25, -0.2) is 4.98 Å². The number of nitrogens with zero attached hydrogens (tertiary/aromatic N) is 1. The van der Waals surface area contributed by atoms with Crippen molar-refractivity contribution in [2.45, 2.75) is 46.0 Å². The summed E-state index contributed by atoms with van der Waals surface area (Å²) in [5.74, 6) is 0.0595. The van der Waals surface area contributed by atoms with Crippen LogP contribution in [0.2, 0.25) is 0 Å². The molecule has 1 aromatic heterocycles. The summed E-state index contributed by atoms with van der Waals surface area (Å²) in [7, 11) is 0. The molecule has 0 spiro atoms. The highest BCUT2D eigenvalue weighted by Gasteiger charge is 2.23. The van der Waals surface area contributed by atoms with Crippen molar-refractivity contribution in [1.29, 1.82) is 0 Å². The van der Waals surface area contributed by atoms with Gasteiger partial charge >= 0.3 is 0 Å². The van der Waals surface area contributed by atoms with Gasteiger partial charge in [-0.05, 0) is 38.3 Å². The molecule has 0 saturated heterocycles. The summed E-state index contributed by atoms with van der Waals surface area (Å²) in [6.45, 7) is 4.00. The second-order valence-corrected chi connectivity index (χ2v) is 7.52. The van der Waals surface area contributed by atoms with Crippen molar-refractivity contribution in [3.8, 4) is 0 Å². The zero-order chi connectivity index (χ0) is 17.8. The zero-order valence-corrected chi connectivity index (χ0v) is 15.4. The summed E-state index contributed by atoms with van der Waals surface area (Å²) < 4.78 is 0. The van der Waals surface area contributed by atoms with Gasteiger partial charge in [-0.3, -0.25) is 9.59 Å². The van der Waals surface area contributed by atoms with Crippen LogP contribution < -0.4 is 10.6 Å². The summed E-state index contributed by atoms with van der Waals surface area (Å²) in [6, 6.07) is 5.92. The first kappa shape index (κ1) is 17.6. The van der Waals surface area contributed by atoms with Crippen molar-refractivity contribution < 1.29 is 9.59 Å². The number of thiazole rings is 1. The number of rotatable bonds is 5. The van der Waals surface area contributed by atoms with Crippen molar-refractivity contribution in [3.63, 3.8) is 0 Å². The van der Waals surface area contributed by atoms with E-state index < -0.39 is 0 Å². The highest BCUT2D eigenvalue weighted by atomic mass is 32.1. The summed E-state index contributed by atoms with van der Waals surface area (Å²) >= 11 is 1.37. The molecular weight excluding hydrogens is 334 g/mol. The highest BCUT2D eigenvalue weighted by molar-refractivity contribution is 7.13. The number of nitrogens with one attached hydrogen (secondary N) is 2. The standard InChI is InChI=1S/C19H23N3O2S/c1-12-7-8-16(13(2)9-12)21-17(23)10-15-11-25-19(20-15)22-18(24)14-5-3-4-6-14/h7-9,11,14H,3-6,10H2,1-2H3,(H,21,23)(H,20,22,24). The van der Waals surface area contributed by atoms with Crippen LogP contribution >= 0.6 is 11.3 Å². The molecule has 2 N–H and O–H groups in total. The van der Waals surface area contributed by atoms with Crippen LogP contribution in [0.3, 0.4) is 0 Å². The van der Waals surface area contributed by atoms with Crippen LogP contribution in [0.25, 0.3) is 0 Å². The Morgan fingerprint density at radius 2 is 1.96 bits per heavy atom. The molecular formula is C19H23N3O2S. The van der Waals surface area contributed by atoms with Crippen molar-refractivity contribution >= 4 is 34.0 Å². The average molecular weight is 357 g/mol. The number of carbonyl (C=O) groups is 2. The molecule has 2 amide bonds. The second-order valence-electron chi connectivity index (χ2n) is 6.66. The number of hydrogen-bond acceptors (Lipinski definition) is 4. The predicted octanol–water partition coefficient (Wildman–Crippen LogP) is 4.07. The SMILES string of the molecule is Cc1ccc(NC(=O)Cc2csc(NC(=O)C3CCCC3)n2)c(C)c1. The summed E-state index contributed by atoms with van der Waals surface area (Å²) in [6.07, 6.45) is 4.37. The summed E-state index contributed by atoms with van der Waals surface area (Å²) in [5, 5.41) is 8.20. The molecule has 0 radical (unpaired) electrons. The lowest BCUT2D eigenvalue weighted by Gasteiger charge is -2.08. The highest BCUT2D eigenvalue weighted by Crippen LogP contribution is 2.27. The minimum atomic E-state index is -0.106. The molecule has 3 rings (SSSR count). The van der Waals surface area contributed by atoms with Gasteiger partial charge in [-0.1, -0.05) is 30.5 Å². The van der Waals surface area contributed by atoms with Crippen LogP contribution in [0.5, 0.6) is 0 Å². The molecule has 0 atom stereocenters. The number of benzene rings is 1. The van der Waals surface area contributed by atoms with Crippen LogP contribution in [0, 0.1) is 19.8 Å². The van der Waals surface area contributed by atoms with E-state index in [9.17, 15) is 9.59 Å². The molecule has 2 aromatic rings. The molecule has 0 bridgehead atoms. The molecule has 1 aromatic carbocycles. The fraction of sp³-hybridized carbons (Fsp3) is 0.421. The Morgan fingerprint density at radius 1 is 1.20 bits per heavy atom. The Bertz CT molecular complexity index is 779. The molecule has 1 saturated carbocycles. The number of aryl methyl sites for hydroxylation is 2. The van der Waals surface area contributed by atoms with Crippen molar-refractivity contribution in [3.05, 3.63) is 40.4 Å². The third-order valence-corrected chi connectivity index (χ3v) is 5.31. The number of aromatic nitrogens is 1. The van der Waals surface area contributed by atoms with Gasteiger partial charge in [-0.15, -0.1) is 11.3 Å². The van der Waals surface area contributed by atoms with E-state index in [2.05, 4.69) is 15.6 Å². The molecule has 0 aliphatic heterocycles. The fourth-order valence-corrected chi connectivity index (χ4v) is 3.87. The lowest BCUT2D eigenvalue weighted by atomic mass is 10.1. The number of hydrogen-bond donors (Lipinski definition) is 2. The zero-order valence-electron chi connectivity index (χ0n) is 14.6. The number of amides is 2. The summed E-state index contributed by atoms with van der Waals surface area (Å²) in [5.41, 5.74) is 3.70. The smallest absolute Gasteiger partial charge is 0.230 e. The van der Waals surface area contributed by atoms with E-state index in [1.54, 1.807) is 0 Å². The Labute approximate surface area is 151 Å². The van der Waals surface area contributed by atoms with E-state index in [0.29, 0.717) is 10.8 Å². The normalized spacial score (nSPS) is 14.5. The van der Waals surface area contributed by atoms with Gasteiger partial charge in [0.25, 0.3) is 0 Å². The van der Waals surface area contributed by atoms with Crippen LogP contribution in [-0.2, 0) is 16.0 Å². The van der Waals surface area contributed by atoms with E-state index in [-0.39, 0.29) is 24.2 Å². The van der Waals surface area contributed by atoms with Crippen LogP contribution in [0.15, 0.2) is 23.6 Å². The van der Waals surface area contributed by atoms with E-state index in [1.807, 2.05) is 37.4 Å². The fourth-order valence-electron chi connectivity index (χ4n) is 3.15. The maximum atomic E-state index is 12.2. The quantitative estimate of drug-likeness (QED) is 0.847. The van der Waals surface area contributed by atoms with Crippen molar-refractivity contribution in [1.82, 2.24) is 4.98 Å². The molecule has 6 heteroatoms. The molecule has 25 heavy (non-hydrogen) atoms. The van der Waals surface area contributed by atoms with E-state index in [0.717, 1.165) is 42.5 Å². The topological polar surface area (TPSA) is 71.1 Å². The lowest BCUT2D eigenvalue weighted by molar-refractivity contribution is -0.119. The minimum Gasteiger partial charge on any atom is -0.326 e. The number of anilines is 2. The Kier molecular flexibility index (Phi) is 5.48. The Hall–Kier alpha value is -2.21. The van der Waals surface area contributed by atoms with Gasteiger partial charge in [0.1, 0.15) is 0 Å². The van der Waals surface area contributed by atoms with Gasteiger partial charge in [0, 0.05) is 17.0 Å². The first-order valence-corrected chi connectivity index (χ1v) is 9.51. The van der Waals surface area contributed by atoms with Gasteiger partial charge < -0.3 is 10.6 Å². The molecule has 1 aliphatic rings. The first-order valence-electron chi connectivity index (χ1n) is 8.63. The predicted molar refractivity (Wildman–Crippen MR) is 101 cm³/mol. The maximum Gasteiger partial charge on any atom is 0.230 e. The van der Waals surface area contributed by atoms with Gasteiger partial charge in [0.15, 0.2) is 5.13 Å². The number of carbonyl (C=O) groups excluding carboxylic acids is 2. The maximum absolute atomic E-state index is 12.2. The van der Waals surface area contributed by atoms with Crippen LogP contribution in [0.4, 0.5) is 10.8 Å². The Morgan fingerprint density at radius 3 is 2.68 bits per heavy atom. The molecule has 1 aliphatic carbocycles. The van der Waals surface area contributed by atoms with Crippen molar-refractivity contribution in [2.75, 3.05) is 10.6 Å².